The Labute approximate surface area is 166 Å². The molecule has 0 saturated carbocycles. The number of amides is 1. The largest absolute Gasteiger partial charge is 0.350 e. The van der Waals surface area contributed by atoms with Crippen molar-refractivity contribution in [3.8, 4) is 11.4 Å². The van der Waals surface area contributed by atoms with E-state index in [4.69, 9.17) is 11.6 Å². The topological polar surface area (TPSA) is 64.0 Å². The van der Waals surface area contributed by atoms with E-state index in [0.717, 1.165) is 5.56 Å². The summed E-state index contributed by atoms with van der Waals surface area (Å²) in [5.41, 5.74) is 1.75. The van der Waals surface area contributed by atoms with Crippen LogP contribution in [0.3, 0.4) is 0 Å². The Bertz CT molecular complexity index is 1050. The Hall–Kier alpha value is -2.99. The van der Waals surface area contributed by atoms with Crippen LogP contribution in [0.5, 0.6) is 0 Å². The van der Waals surface area contributed by atoms with E-state index in [2.05, 4.69) is 10.3 Å². The molecule has 0 aliphatic heterocycles. The summed E-state index contributed by atoms with van der Waals surface area (Å²) in [7, 11) is 0. The second-order valence-corrected chi connectivity index (χ2v) is 6.70. The number of rotatable bonds is 6. The highest BCUT2D eigenvalue weighted by Gasteiger charge is 2.14. The molecule has 3 aromatic rings. The van der Waals surface area contributed by atoms with Gasteiger partial charge in [0.2, 0.25) is 5.91 Å². The molecule has 0 aliphatic rings. The van der Waals surface area contributed by atoms with Crippen LogP contribution >= 0.6 is 11.6 Å². The first-order valence-corrected chi connectivity index (χ1v) is 9.22. The number of halogens is 2. The lowest BCUT2D eigenvalue weighted by molar-refractivity contribution is -0.121. The third kappa shape index (κ3) is 4.84. The van der Waals surface area contributed by atoms with E-state index in [1.807, 2.05) is 6.92 Å². The molecule has 5 nitrogen and oxygen atoms in total. The Morgan fingerprint density at radius 1 is 1.18 bits per heavy atom. The number of hydrogen-bond donors (Lipinski definition) is 1. The number of hydrogen-bond acceptors (Lipinski definition) is 3. The minimum absolute atomic E-state index is 0.182. The van der Waals surface area contributed by atoms with Crippen molar-refractivity contribution in [3.05, 3.63) is 87.0 Å². The maximum atomic E-state index is 13.0. The molecule has 28 heavy (non-hydrogen) atoms. The quantitative estimate of drug-likeness (QED) is 0.689. The number of nitrogens with zero attached hydrogens (tertiary/aromatic N) is 2. The molecule has 2 aromatic carbocycles. The van der Waals surface area contributed by atoms with E-state index in [1.54, 1.807) is 36.4 Å². The third-order valence-electron chi connectivity index (χ3n) is 4.21. The molecule has 144 valence electrons. The number of carbonyl (C=O) groups excluding carboxylic acids is 1. The van der Waals surface area contributed by atoms with E-state index in [1.165, 1.54) is 22.8 Å². The zero-order valence-corrected chi connectivity index (χ0v) is 16.0. The highest BCUT2D eigenvalue weighted by atomic mass is 35.5. The van der Waals surface area contributed by atoms with Crippen molar-refractivity contribution in [1.82, 2.24) is 14.9 Å². The summed E-state index contributed by atoms with van der Waals surface area (Å²) >= 11 is 6.07. The second kappa shape index (κ2) is 8.80. The molecular weight excluding hydrogens is 381 g/mol. The lowest BCUT2D eigenvalue weighted by Gasteiger charge is -2.14. The lowest BCUT2D eigenvalue weighted by Crippen LogP contribution is -2.33. The van der Waals surface area contributed by atoms with Crippen LogP contribution in [0.4, 0.5) is 4.39 Å². The van der Waals surface area contributed by atoms with Crippen molar-refractivity contribution in [2.75, 3.05) is 0 Å². The minimum Gasteiger partial charge on any atom is -0.350 e. The number of benzene rings is 2. The lowest BCUT2D eigenvalue weighted by atomic mass is 10.2. The van der Waals surface area contributed by atoms with Crippen molar-refractivity contribution in [2.45, 2.75) is 26.4 Å². The van der Waals surface area contributed by atoms with Gasteiger partial charge in [0, 0.05) is 28.9 Å². The first-order chi connectivity index (χ1) is 13.5. The molecular formula is C21H19ClFN3O2. The Morgan fingerprint density at radius 2 is 1.93 bits per heavy atom. The smallest absolute Gasteiger partial charge is 0.254 e. The molecule has 1 N–H and O–H groups in total. The molecule has 1 heterocycles. The maximum absolute atomic E-state index is 13.0. The average molecular weight is 400 g/mol. The van der Waals surface area contributed by atoms with E-state index in [0.29, 0.717) is 28.5 Å². The van der Waals surface area contributed by atoms with Gasteiger partial charge >= 0.3 is 0 Å². The van der Waals surface area contributed by atoms with Crippen LogP contribution < -0.4 is 10.9 Å². The normalized spacial score (nSPS) is 10.7. The van der Waals surface area contributed by atoms with Crippen LogP contribution in [-0.4, -0.2) is 15.5 Å². The monoisotopic (exact) mass is 399 g/mol. The summed E-state index contributed by atoms with van der Waals surface area (Å²) in [5.74, 6) is -0.292. The molecule has 7 heteroatoms. The van der Waals surface area contributed by atoms with Gasteiger partial charge in [-0.15, -0.1) is 0 Å². The average Bonchev–Trinajstić information content (AvgIpc) is 2.69. The van der Waals surface area contributed by atoms with Crippen LogP contribution in [0.2, 0.25) is 5.02 Å². The van der Waals surface area contributed by atoms with Crippen LogP contribution in [0.15, 0.2) is 59.4 Å². The molecule has 0 fully saturated rings. The molecule has 1 aromatic heterocycles. The highest BCUT2D eigenvalue weighted by Crippen LogP contribution is 2.20. The summed E-state index contributed by atoms with van der Waals surface area (Å²) in [6, 6.07) is 14.3. The number of aromatic nitrogens is 2. The number of carbonyl (C=O) groups is 1. The number of nitrogens with one attached hydrogen (secondary N) is 1. The molecule has 0 unspecified atom stereocenters. The Balaban J connectivity index is 1.85. The van der Waals surface area contributed by atoms with Crippen molar-refractivity contribution < 1.29 is 9.18 Å². The first-order valence-electron chi connectivity index (χ1n) is 8.84. The fourth-order valence-corrected chi connectivity index (χ4v) is 2.93. The van der Waals surface area contributed by atoms with Crippen LogP contribution in [0.25, 0.3) is 11.4 Å². The summed E-state index contributed by atoms with van der Waals surface area (Å²) < 4.78 is 14.3. The van der Waals surface area contributed by atoms with Gasteiger partial charge < -0.3 is 5.32 Å². The molecule has 0 saturated heterocycles. The van der Waals surface area contributed by atoms with Crippen LogP contribution in [0, 0.1) is 5.82 Å². The highest BCUT2D eigenvalue weighted by molar-refractivity contribution is 6.30. The van der Waals surface area contributed by atoms with Crippen LogP contribution in [0.1, 0.15) is 18.2 Å². The predicted molar refractivity (Wildman–Crippen MR) is 107 cm³/mol. The van der Waals surface area contributed by atoms with E-state index < -0.39 is 0 Å². The standard InChI is InChI=1S/C21H19ClFN3O2/c1-2-18-11-20(28)26(21(25-18)15-4-3-5-16(22)10-15)13-19(27)24-12-14-6-8-17(23)9-7-14/h3-11H,2,12-13H2,1H3,(H,24,27). The van der Waals surface area contributed by atoms with Gasteiger partial charge in [0.15, 0.2) is 0 Å². The van der Waals surface area contributed by atoms with Gasteiger partial charge in [-0.3, -0.25) is 14.2 Å². The number of aryl methyl sites for hydroxylation is 1. The molecule has 0 spiro atoms. The Kier molecular flexibility index (Phi) is 6.21. The third-order valence-corrected chi connectivity index (χ3v) is 4.45. The van der Waals surface area contributed by atoms with E-state index in [-0.39, 0.29) is 30.4 Å². The summed E-state index contributed by atoms with van der Waals surface area (Å²) in [4.78, 5) is 29.5. The fourth-order valence-electron chi connectivity index (χ4n) is 2.74. The maximum Gasteiger partial charge on any atom is 0.254 e. The minimum atomic E-state index is -0.347. The van der Waals surface area contributed by atoms with E-state index >= 15 is 0 Å². The van der Waals surface area contributed by atoms with Gasteiger partial charge in [0.25, 0.3) is 5.56 Å². The van der Waals surface area contributed by atoms with Gasteiger partial charge in [-0.25, -0.2) is 9.37 Å². The van der Waals surface area contributed by atoms with Gasteiger partial charge in [-0.1, -0.05) is 42.8 Å². The van der Waals surface area contributed by atoms with Crippen molar-refractivity contribution in [2.24, 2.45) is 0 Å². The molecule has 0 bridgehead atoms. The van der Waals surface area contributed by atoms with Gasteiger partial charge in [0.05, 0.1) is 0 Å². The van der Waals surface area contributed by atoms with Crippen molar-refractivity contribution in [3.63, 3.8) is 0 Å². The van der Waals surface area contributed by atoms with Crippen molar-refractivity contribution >= 4 is 17.5 Å². The summed E-state index contributed by atoms with van der Waals surface area (Å²) in [6.07, 6.45) is 0.598. The van der Waals surface area contributed by atoms with Crippen molar-refractivity contribution in [1.29, 1.82) is 0 Å². The fraction of sp³-hybridized carbons (Fsp3) is 0.190. The second-order valence-electron chi connectivity index (χ2n) is 6.26. The van der Waals surface area contributed by atoms with Gasteiger partial charge in [-0.05, 0) is 36.2 Å². The first kappa shape index (κ1) is 19.8. The van der Waals surface area contributed by atoms with E-state index in [9.17, 15) is 14.0 Å². The summed E-state index contributed by atoms with van der Waals surface area (Å²) in [5, 5.41) is 3.25. The summed E-state index contributed by atoms with van der Waals surface area (Å²) in [6.45, 7) is 1.96. The SMILES string of the molecule is CCc1cc(=O)n(CC(=O)NCc2ccc(F)cc2)c(-c2cccc(Cl)c2)n1. The predicted octanol–water partition coefficient (Wildman–Crippen LogP) is 3.58. The molecule has 3 rings (SSSR count). The zero-order valence-electron chi connectivity index (χ0n) is 15.3. The molecule has 0 aliphatic carbocycles. The molecule has 1 amide bonds. The Morgan fingerprint density at radius 3 is 2.61 bits per heavy atom. The van der Waals surface area contributed by atoms with Crippen LogP contribution in [-0.2, 0) is 24.3 Å². The zero-order chi connectivity index (χ0) is 20.1. The molecule has 0 radical (unpaired) electrons. The van der Waals surface area contributed by atoms with Gasteiger partial charge in [-0.2, -0.15) is 0 Å². The van der Waals surface area contributed by atoms with Gasteiger partial charge in [0.1, 0.15) is 18.2 Å². The molecule has 0 atom stereocenters.